The Kier molecular flexibility index (Phi) is 3.57. The summed E-state index contributed by atoms with van der Waals surface area (Å²) in [7, 11) is 0. The van der Waals surface area contributed by atoms with Crippen molar-refractivity contribution in [2.24, 2.45) is 0 Å². The van der Waals surface area contributed by atoms with E-state index in [1.807, 2.05) is 0 Å². The topological polar surface area (TPSA) is 47.0 Å². The van der Waals surface area contributed by atoms with Crippen LogP contribution in [0, 0.1) is 0 Å². The zero-order valence-corrected chi connectivity index (χ0v) is 12.3. The molecule has 1 N–H and O–H groups in total. The van der Waals surface area contributed by atoms with Crippen LogP contribution in [0.4, 0.5) is 5.82 Å². The normalized spacial score (nSPS) is 12.9. The lowest BCUT2D eigenvalue weighted by atomic mass is 10.1. The van der Waals surface area contributed by atoms with Gasteiger partial charge < -0.3 is 10.1 Å². The predicted octanol–water partition coefficient (Wildman–Crippen LogP) is 3.44. The second kappa shape index (κ2) is 5.35. The maximum absolute atomic E-state index is 5.80. The molecule has 3 rings (SSSR count). The first kappa shape index (κ1) is 12.7. The summed E-state index contributed by atoms with van der Waals surface area (Å²) in [5.41, 5.74) is 2.34. The highest BCUT2D eigenvalue weighted by Gasteiger charge is 2.17. The summed E-state index contributed by atoms with van der Waals surface area (Å²) in [6.45, 7) is 1.37. The number of aromatic nitrogens is 2. The average Bonchev–Trinajstić information content (AvgIpc) is 2.84. The molecule has 2 heterocycles. The van der Waals surface area contributed by atoms with Crippen molar-refractivity contribution in [3.05, 3.63) is 45.3 Å². The van der Waals surface area contributed by atoms with E-state index < -0.39 is 0 Å². The van der Waals surface area contributed by atoms with E-state index >= 15 is 0 Å². The van der Waals surface area contributed by atoms with Gasteiger partial charge in [-0.2, -0.15) is 0 Å². The summed E-state index contributed by atoms with van der Waals surface area (Å²) >= 11 is 9.32. The van der Waals surface area contributed by atoms with Gasteiger partial charge >= 0.3 is 0 Å². The van der Waals surface area contributed by atoms with Crippen LogP contribution in [-0.4, -0.2) is 16.6 Å². The Bertz CT molecular complexity index is 621. The number of nitrogens with zero attached hydrogens (tertiary/aromatic N) is 2. The van der Waals surface area contributed by atoms with Crippen LogP contribution in [0.15, 0.2) is 29.0 Å². The fourth-order valence-corrected chi connectivity index (χ4v) is 2.79. The minimum atomic E-state index is 0.376. The third-order valence-electron chi connectivity index (χ3n) is 2.89. The Morgan fingerprint density at radius 1 is 1.37 bits per heavy atom. The molecule has 1 aliphatic heterocycles. The Morgan fingerprint density at radius 2 is 2.26 bits per heavy atom. The van der Waals surface area contributed by atoms with E-state index in [4.69, 9.17) is 16.3 Å². The van der Waals surface area contributed by atoms with Gasteiger partial charge in [-0.1, -0.05) is 27.5 Å². The zero-order valence-electron chi connectivity index (χ0n) is 9.99. The number of benzene rings is 1. The van der Waals surface area contributed by atoms with Gasteiger partial charge in [-0.05, 0) is 17.7 Å². The molecular weight excluding hydrogens is 330 g/mol. The van der Waals surface area contributed by atoms with Crippen molar-refractivity contribution in [1.29, 1.82) is 0 Å². The molecule has 0 unspecified atom stereocenters. The molecule has 98 valence electrons. The molecule has 2 aromatic rings. The highest BCUT2D eigenvalue weighted by molar-refractivity contribution is 9.10. The Balaban J connectivity index is 1.81. The Hall–Kier alpha value is -1.33. The molecule has 0 saturated heterocycles. The van der Waals surface area contributed by atoms with E-state index in [0.29, 0.717) is 17.5 Å². The van der Waals surface area contributed by atoms with Gasteiger partial charge in [0, 0.05) is 23.0 Å². The number of halogens is 2. The van der Waals surface area contributed by atoms with Gasteiger partial charge in [-0.25, -0.2) is 4.98 Å². The average molecular weight is 341 g/mol. The smallest absolute Gasteiger partial charge is 0.149 e. The van der Waals surface area contributed by atoms with Crippen molar-refractivity contribution in [3.8, 4) is 5.75 Å². The number of ether oxygens (including phenoxy) is 1. The number of hydrogen-bond donors (Lipinski definition) is 1. The van der Waals surface area contributed by atoms with Crippen LogP contribution < -0.4 is 10.1 Å². The predicted molar refractivity (Wildman–Crippen MR) is 77.7 cm³/mol. The Morgan fingerprint density at radius 3 is 3.11 bits per heavy atom. The van der Waals surface area contributed by atoms with Crippen LogP contribution >= 0.6 is 27.5 Å². The molecule has 0 aliphatic carbocycles. The van der Waals surface area contributed by atoms with Crippen molar-refractivity contribution in [1.82, 2.24) is 9.97 Å². The second-order valence-corrected chi connectivity index (χ2v) is 5.54. The van der Waals surface area contributed by atoms with Gasteiger partial charge in [0.2, 0.25) is 0 Å². The lowest BCUT2D eigenvalue weighted by Crippen LogP contribution is -2.03. The number of rotatable bonds is 3. The summed E-state index contributed by atoms with van der Waals surface area (Å²) < 4.78 is 6.73. The summed E-state index contributed by atoms with van der Waals surface area (Å²) in [6.07, 6.45) is 4.11. The zero-order chi connectivity index (χ0) is 13.2. The molecule has 0 saturated carbocycles. The molecule has 1 aliphatic rings. The number of hydrogen-bond acceptors (Lipinski definition) is 4. The molecule has 1 aromatic carbocycles. The van der Waals surface area contributed by atoms with Gasteiger partial charge in [0.15, 0.2) is 0 Å². The standard InChI is InChI=1S/C13H11BrClN3O/c14-10-3-8-1-2-19-13(8)9(4-10)5-17-12-7-16-6-11(15)18-12/h3-4,6-7H,1-2,5H2,(H,17,18). The monoisotopic (exact) mass is 339 g/mol. The maximum atomic E-state index is 5.80. The van der Waals surface area contributed by atoms with Crippen molar-refractivity contribution in [3.63, 3.8) is 0 Å². The van der Waals surface area contributed by atoms with E-state index in [0.717, 1.165) is 28.8 Å². The molecule has 0 radical (unpaired) electrons. The van der Waals surface area contributed by atoms with Crippen molar-refractivity contribution >= 4 is 33.3 Å². The summed E-state index contributed by atoms with van der Waals surface area (Å²) in [5.74, 6) is 1.63. The first-order valence-electron chi connectivity index (χ1n) is 5.88. The fraction of sp³-hybridized carbons (Fsp3) is 0.231. The third kappa shape index (κ3) is 2.82. The summed E-state index contributed by atoms with van der Waals surface area (Å²) in [4.78, 5) is 8.13. The van der Waals surface area contributed by atoms with E-state index in [9.17, 15) is 0 Å². The molecule has 0 atom stereocenters. The molecule has 0 bridgehead atoms. The van der Waals surface area contributed by atoms with Crippen LogP contribution in [-0.2, 0) is 13.0 Å². The van der Waals surface area contributed by atoms with Gasteiger partial charge in [-0.15, -0.1) is 0 Å². The van der Waals surface area contributed by atoms with E-state index in [2.05, 4.69) is 43.3 Å². The largest absolute Gasteiger partial charge is 0.493 e. The van der Waals surface area contributed by atoms with Crippen LogP contribution in [0.25, 0.3) is 0 Å². The maximum Gasteiger partial charge on any atom is 0.149 e. The molecule has 19 heavy (non-hydrogen) atoms. The fourth-order valence-electron chi connectivity index (χ4n) is 2.09. The first-order chi connectivity index (χ1) is 9.22. The summed E-state index contributed by atoms with van der Waals surface area (Å²) in [6, 6.07) is 4.15. The van der Waals surface area contributed by atoms with Gasteiger partial charge in [0.25, 0.3) is 0 Å². The molecule has 0 amide bonds. The highest BCUT2D eigenvalue weighted by atomic mass is 79.9. The highest BCUT2D eigenvalue weighted by Crippen LogP contribution is 2.33. The third-order valence-corrected chi connectivity index (χ3v) is 3.53. The van der Waals surface area contributed by atoms with Gasteiger partial charge in [0.1, 0.15) is 16.7 Å². The van der Waals surface area contributed by atoms with Crippen molar-refractivity contribution in [2.45, 2.75) is 13.0 Å². The molecular formula is C13H11BrClN3O. The SMILES string of the molecule is Clc1cncc(NCc2cc(Br)cc3c2OCC3)n1. The summed E-state index contributed by atoms with van der Waals surface area (Å²) in [5, 5.41) is 3.58. The quantitative estimate of drug-likeness (QED) is 0.930. The number of nitrogens with one attached hydrogen (secondary N) is 1. The second-order valence-electron chi connectivity index (χ2n) is 4.23. The van der Waals surface area contributed by atoms with E-state index in [1.54, 1.807) is 6.20 Å². The molecule has 0 spiro atoms. The van der Waals surface area contributed by atoms with Crippen LogP contribution in [0.2, 0.25) is 5.15 Å². The van der Waals surface area contributed by atoms with Gasteiger partial charge in [0.05, 0.1) is 19.0 Å². The van der Waals surface area contributed by atoms with E-state index in [1.165, 1.54) is 11.8 Å². The lowest BCUT2D eigenvalue weighted by Gasteiger charge is -2.10. The number of anilines is 1. The molecule has 4 nitrogen and oxygen atoms in total. The molecule has 1 aromatic heterocycles. The van der Waals surface area contributed by atoms with E-state index in [-0.39, 0.29) is 0 Å². The van der Waals surface area contributed by atoms with Crippen LogP contribution in [0.5, 0.6) is 5.75 Å². The lowest BCUT2D eigenvalue weighted by molar-refractivity contribution is 0.354. The van der Waals surface area contributed by atoms with Crippen LogP contribution in [0.3, 0.4) is 0 Å². The Labute approximate surface area is 124 Å². The molecule has 0 fully saturated rings. The molecule has 6 heteroatoms. The number of fused-ring (bicyclic) bond motifs is 1. The van der Waals surface area contributed by atoms with Crippen molar-refractivity contribution < 1.29 is 4.74 Å². The minimum Gasteiger partial charge on any atom is -0.493 e. The van der Waals surface area contributed by atoms with Crippen molar-refractivity contribution in [2.75, 3.05) is 11.9 Å². The van der Waals surface area contributed by atoms with Crippen LogP contribution in [0.1, 0.15) is 11.1 Å². The first-order valence-corrected chi connectivity index (χ1v) is 7.05. The minimum absolute atomic E-state index is 0.376. The van der Waals surface area contributed by atoms with Gasteiger partial charge in [-0.3, -0.25) is 4.98 Å².